The number of pyridine rings is 1. The number of aromatic nitrogens is 1. The molecule has 0 aliphatic carbocycles. The van der Waals surface area contributed by atoms with Crippen LogP contribution in [0.3, 0.4) is 0 Å². The SMILES string of the molecule is C[C@H](Cc1ccc(O)c(O)c1)Nc1ncccc1[N+](=O)[O-]. The van der Waals surface area contributed by atoms with Crippen LogP contribution < -0.4 is 5.32 Å². The minimum atomic E-state index is -0.492. The summed E-state index contributed by atoms with van der Waals surface area (Å²) in [7, 11) is 0. The molecule has 110 valence electrons. The molecule has 0 spiro atoms. The van der Waals surface area contributed by atoms with Crippen molar-refractivity contribution in [2.24, 2.45) is 0 Å². The molecule has 1 heterocycles. The van der Waals surface area contributed by atoms with Crippen molar-refractivity contribution in [3.05, 3.63) is 52.2 Å². The first kappa shape index (κ1) is 14.6. The van der Waals surface area contributed by atoms with Crippen LogP contribution in [-0.2, 0) is 6.42 Å². The summed E-state index contributed by atoms with van der Waals surface area (Å²) in [6.45, 7) is 1.85. The molecule has 0 unspecified atom stereocenters. The third kappa shape index (κ3) is 3.59. The normalized spacial score (nSPS) is 11.9. The Bertz CT molecular complexity index is 660. The average molecular weight is 289 g/mol. The lowest BCUT2D eigenvalue weighted by atomic mass is 10.1. The number of nitrogens with one attached hydrogen (secondary N) is 1. The summed E-state index contributed by atoms with van der Waals surface area (Å²) in [4.78, 5) is 14.4. The topological polar surface area (TPSA) is 109 Å². The van der Waals surface area contributed by atoms with Gasteiger partial charge in [0, 0.05) is 18.3 Å². The number of hydrogen-bond donors (Lipinski definition) is 3. The van der Waals surface area contributed by atoms with Gasteiger partial charge in [-0.25, -0.2) is 4.98 Å². The van der Waals surface area contributed by atoms with Crippen molar-refractivity contribution in [2.75, 3.05) is 5.32 Å². The third-order valence-electron chi connectivity index (χ3n) is 2.95. The van der Waals surface area contributed by atoms with E-state index in [2.05, 4.69) is 10.3 Å². The van der Waals surface area contributed by atoms with E-state index in [0.29, 0.717) is 6.42 Å². The number of rotatable bonds is 5. The molecule has 3 N–H and O–H groups in total. The number of hydrogen-bond acceptors (Lipinski definition) is 6. The van der Waals surface area contributed by atoms with Crippen LogP contribution in [0.1, 0.15) is 12.5 Å². The van der Waals surface area contributed by atoms with Crippen molar-refractivity contribution in [1.29, 1.82) is 0 Å². The fraction of sp³-hybridized carbons (Fsp3) is 0.214. The fourth-order valence-electron chi connectivity index (χ4n) is 1.99. The lowest BCUT2D eigenvalue weighted by molar-refractivity contribution is -0.384. The Morgan fingerprint density at radius 2 is 2.10 bits per heavy atom. The maximum Gasteiger partial charge on any atom is 0.311 e. The van der Waals surface area contributed by atoms with E-state index in [0.717, 1.165) is 5.56 Å². The Morgan fingerprint density at radius 3 is 2.76 bits per heavy atom. The molecule has 0 bridgehead atoms. The number of nitrogens with zero attached hydrogens (tertiary/aromatic N) is 2. The van der Waals surface area contributed by atoms with Crippen LogP contribution in [0, 0.1) is 10.1 Å². The van der Waals surface area contributed by atoms with E-state index >= 15 is 0 Å². The second kappa shape index (κ2) is 6.08. The quantitative estimate of drug-likeness (QED) is 0.443. The molecule has 2 rings (SSSR count). The van der Waals surface area contributed by atoms with Crippen LogP contribution in [0.2, 0.25) is 0 Å². The predicted molar refractivity (Wildman–Crippen MR) is 77.5 cm³/mol. The molecule has 0 radical (unpaired) electrons. The van der Waals surface area contributed by atoms with E-state index in [4.69, 9.17) is 0 Å². The van der Waals surface area contributed by atoms with Gasteiger partial charge in [-0.2, -0.15) is 0 Å². The highest BCUT2D eigenvalue weighted by atomic mass is 16.6. The predicted octanol–water partition coefficient (Wildman–Crippen LogP) is 2.44. The molecule has 1 aromatic carbocycles. The van der Waals surface area contributed by atoms with Crippen LogP contribution >= 0.6 is 0 Å². The van der Waals surface area contributed by atoms with Crippen LogP contribution in [-0.4, -0.2) is 26.2 Å². The first-order chi connectivity index (χ1) is 9.97. The van der Waals surface area contributed by atoms with E-state index in [1.807, 2.05) is 6.92 Å². The largest absolute Gasteiger partial charge is 0.504 e. The minimum Gasteiger partial charge on any atom is -0.504 e. The Morgan fingerprint density at radius 1 is 1.33 bits per heavy atom. The highest BCUT2D eigenvalue weighted by Gasteiger charge is 2.16. The zero-order valence-corrected chi connectivity index (χ0v) is 11.4. The molecule has 1 aromatic heterocycles. The zero-order chi connectivity index (χ0) is 15.4. The summed E-state index contributed by atoms with van der Waals surface area (Å²) in [5, 5.41) is 32.6. The summed E-state index contributed by atoms with van der Waals surface area (Å²) in [5.74, 6) is -0.166. The maximum atomic E-state index is 10.9. The molecule has 7 nitrogen and oxygen atoms in total. The van der Waals surface area contributed by atoms with Gasteiger partial charge < -0.3 is 15.5 Å². The molecule has 0 fully saturated rings. The number of benzene rings is 1. The van der Waals surface area contributed by atoms with Gasteiger partial charge in [0.2, 0.25) is 5.82 Å². The standard InChI is InChI=1S/C14H15N3O4/c1-9(7-10-4-5-12(18)13(19)8-10)16-14-11(17(20)21)3-2-6-15-14/h2-6,8-9,18-19H,7H2,1H3,(H,15,16)/t9-/m1/s1. The number of phenols is 2. The van der Waals surface area contributed by atoms with Crippen LogP contribution in [0.4, 0.5) is 11.5 Å². The highest BCUT2D eigenvalue weighted by molar-refractivity contribution is 5.55. The minimum absolute atomic E-state index is 0.0853. The lowest BCUT2D eigenvalue weighted by Crippen LogP contribution is -2.19. The second-order valence-electron chi connectivity index (χ2n) is 4.70. The molecule has 21 heavy (non-hydrogen) atoms. The van der Waals surface area contributed by atoms with Crippen molar-refractivity contribution in [3.63, 3.8) is 0 Å². The maximum absolute atomic E-state index is 10.9. The zero-order valence-electron chi connectivity index (χ0n) is 11.4. The third-order valence-corrected chi connectivity index (χ3v) is 2.95. The van der Waals surface area contributed by atoms with E-state index < -0.39 is 4.92 Å². The van der Waals surface area contributed by atoms with Crippen molar-refractivity contribution < 1.29 is 15.1 Å². The molecular formula is C14H15N3O4. The molecule has 0 aliphatic heterocycles. The van der Waals surface area contributed by atoms with Crippen LogP contribution in [0.15, 0.2) is 36.5 Å². The van der Waals surface area contributed by atoms with E-state index in [1.54, 1.807) is 6.07 Å². The Labute approximate surface area is 121 Å². The van der Waals surface area contributed by atoms with Gasteiger partial charge in [-0.1, -0.05) is 6.07 Å². The summed E-state index contributed by atoms with van der Waals surface area (Å²) >= 11 is 0. The summed E-state index contributed by atoms with van der Waals surface area (Å²) in [6, 6.07) is 7.30. The van der Waals surface area contributed by atoms with Crippen molar-refractivity contribution in [2.45, 2.75) is 19.4 Å². The van der Waals surface area contributed by atoms with Gasteiger partial charge in [0.15, 0.2) is 11.5 Å². The van der Waals surface area contributed by atoms with Gasteiger partial charge >= 0.3 is 5.69 Å². The van der Waals surface area contributed by atoms with Crippen molar-refractivity contribution in [3.8, 4) is 11.5 Å². The van der Waals surface area contributed by atoms with Crippen LogP contribution in [0.25, 0.3) is 0 Å². The van der Waals surface area contributed by atoms with Crippen molar-refractivity contribution >= 4 is 11.5 Å². The van der Waals surface area contributed by atoms with Gasteiger partial charge in [-0.05, 0) is 37.1 Å². The summed E-state index contributed by atoms with van der Waals surface area (Å²) in [5.41, 5.74) is 0.710. The average Bonchev–Trinajstić information content (AvgIpc) is 2.43. The highest BCUT2D eigenvalue weighted by Crippen LogP contribution is 2.26. The molecule has 0 saturated heterocycles. The van der Waals surface area contributed by atoms with Gasteiger partial charge in [0.1, 0.15) is 0 Å². The molecule has 0 amide bonds. The molecule has 7 heteroatoms. The number of nitro groups is 1. The smallest absolute Gasteiger partial charge is 0.311 e. The van der Waals surface area contributed by atoms with Crippen LogP contribution in [0.5, 0.6) is 11.5 Å². The number of anilines is 1. The van der Waals surface area contributed by atoms with E-state index in [1.165, 1.54) is 30.5 Å². The first-order valence-corrected chi connectivity index (χ1v) is 6.34. The Hall–Kier alpha value is -2.83. The van der Waals surface area contributed by atoms with E-state index in [9.17, 15) is 20.3 Å². The van der Waals surface area contributed by atoms with E-state index in [-0.39, 0.29) is 29.0 Å². The molecule has 0 saturated carbocycles. The summed E-state index contributed by atoms with van der Waals surface area (Å²) < 4.78 is 0. The number of aromatic hydroxyl groups is 2. The first-order valence-electron chi connectivity index (χ1n) is 6.34. The van der Waals surface area contributed by atoms with Gasteiger partial charge in [0.05, 0.1) is 4.92 Å². The second-order valence-corrected chi connectivity index (χ2v) is 4.70. The van der Waals surface area contributed by atoms with Gasteiger partial charge in [-0.15, -0.1) is 0 Å². The lowest BCUT2D eigenvalue weighted by Gasteiger charge is -2.14. The monoisotopic (exact) mass is 289 g/mol. The Kier molecular flexibility index (Phi) is 4.22. The Balaban J connectivity index is 2.10. The van der Waals surface area contributed by atoms with Crippen molar-refractivity contribution in [1.82, 2.24) is 4.98 Å². The van der Waals surface area contributed by atoms with Gasteiger partial charge in [0.25, 0.3) is 0 Å². The molecule has 0 aliphatic rings. The molecule has 1 atom stereocenters. The summed E-state index contributed by atoms with van der Waals surface area (Å²) in [6.07, 6.45) is 2.00. The molecular weight excluding hydrogens is 274 g/mol. The molecule has 2 aromatic rings. The van der Waals surface area contributed by atoms with Gasteiger partial charge in [-0.3, -0.25) is 10.1 Å². The number of phenolic OH excluding ortho intramolecular Hbond substituents is 2. The fourth-order valence-corrected chi connectivity index (χ4v) is 1.99.